The third-order valence-corrected chi connectivity index (χ3v) is 9.14. The van der Waals surface area contributed by atoms with Gasteiger partial charge in [-0.1, -0.05) is 121 Å². The van der Waals surface area contributed by atoms with E-state index in [4.69, 9.17) is 0 Å². The maximum atomic E-state index is 15.0. The summed E-state index contributed by atoms with van der Waals surface area (Å²) >= 11 is 0. The molecular weight excluding hydrogens is 399 g/mol. The van der Waals surface area contributed by atoms with Crippen molar-refractivity contribution in [3.05, 3.63) is 132 Å². The number of ketones is 1. The lowest BCUT2D eigenvalue weighted by atomic mass is 10.0. The van der Waals surface area contributed by atoms with Gasteiger partial charge in [-0.3, -0.25) is 4.79 Å². The summed E-state index contributed by atoms with van der Waals surface area (Å²) in [5, 5.41) is 1.54. The quantitative estimate of drug-likeness (QED) is 0.257. The van der Waals surface area contributed by atoms with E-state index < -0.39 is 12.8 Å². The summed E-state index contributed by atoms with van der Waals surface area (Å²) in [6.07, 6.45) is 0.175. The van der Waals surface area contributed by atoms with Crippen molar-refractivity contribution in [1.29, 1.82) is 0 Å². The van der Waals surface area contributed by atoms with Crippen LogP contribution in [0.2, 0.25) is 0 Å². The number of carbonyl (C=O) groups is 1. The molecule has 0 saturated heterocycles. The van der Waals surface area contributed by atoms with Crippen molar-refractivity contribution in [3.8, 4) is 0 Å². The zero-order valence-electron chi connectivity index (χ0n) is 17.5. The first-order chi connectivity index (χ1) is 15.1. The van der Waals surface area contributed by atoms with Crippen LogP contribution < -0.4 is 10.6 Å². The zero-order valence-corrected chi connectivity index (χ0v) is 18.4. The molecular formula is C28H25O2P. The molecule has 0 aliphatic heterocycles. The smallest absolute Gasteiger partial charge is 0.163 e. The van der Waals surface area contributed by atoms with Crippen LogP contribution in [0, 0.1) is 6.92 Å². The molecule has 154 valence electrons. The van der Waals surface area contributed by atoms with E-state index in [1.807, 2.05) is 122 Å². The molecule has 0 radical (unpaired) electrons. The molecule has 0 aliphatic rings. The number of hydrogen-bond acceptors (Lipinski definition) is 2. The third-order valence-electron chi connectivity index (χ3n) is 5.66. The van der Waals surface area contributed by atoms with Gasteiger partial charge in [0.15, 0.2) is 12.9 Å². The molecule has 0 heterocycles. The summed E-state index contributed by atoms with van der Waals surface area (Å²) in [4.78, 5) is 13.3. The lowest BCUT2D eigenvalue weighted by Gasteiger charge is -2.29. The number of carbonyl (C=O) groups excluding carboxylic acids is 1. The van der Waals surface area contributed by atoms with Crippen molar-refractivity contribution in [2.24, 2.45) is 0 Å². The van der Waals surface area contributed by atoms with Gasteiger partial charge in [0.05, 0.1) is 5.66 Å². The van der Waals surface area contributed by atoms with Crippen molar-refractivity contribution in [2.45, 2.75) is 19.0 Å². The molecule has 31 heavy (non-hydrogen) atoms. The summed E-state index contributed by atoms with van der Waals surface area (Å²) in [6.45, 7) is 2.03. The Balaban J connectivity index is 1.89. The Morgan fingerprint density at radius 1 is 0.677 bits per heavy atom. The summed E-state index contributed by atoms with van der Waals surface area (Å²) in [6, 6.07) is 36.5. The summed E-state index contributed by atoms with van der Waals surface area (Å²) < 4.78 is 15.0. The first kappa shape index (κ1) is 21.0. The number of aryl methyl sites for hydroxylation is 1. The first-order valence-corrected chi connectivity index (χ1v) is 12.2. The molecule has 2 nitrogen and oxygen atoms in total. The molecule has 0 saturated carbocycles. The van der Waals surface area contributed by atoms with Gasteiger partial charge < -0.3 is 4.57 Å². The second-order valence-electron chi connectivity index (χ2n) is 7.75. The van der Waals surface area contributed by atoms with Gasteiger partial charge in [-0.05, 0) is 12.5 Å². The molecule has 4 rings (SSSR count). The number of benzene rings is 4. The van der Waals surface area contributed by atoms with Gasteiger partial charge in [0.1, 0.15) is 0 Å². The van der Waals surface area contributed by atoms with E-state index in [0.29, 0.717) is 5.56 Å². The maximum absolute atomic E-state index is 15.0. The van der Waals surface area contributed by atoms with Crippen molar-refractivity contribution in [2.75, 3.05) is 0 Å². The highest BCUT2D eigenvalue weighted by molar-refractivity contribution is 7.79. The van der Waals surface area contributed by atoms with Gasteiger partial charge in [-0.2, -0.15) is 0 Å². The molecule has 0 bridgehead atoms. The third kappa shape index (κ3) is 4.45. The zero-order chi connectivity index (χ0) is 21.7. The fraction of sp³-hybridized carbons (Fsp3) is 0.107. The van der Waals surface area contributed by atoms with Crippen LogP contribution in [0.25, 0.3) is 0 Å². The monoisotopic (exact) mass is 424 g/mol. The maximum Gasteiger partial charge on any atom is 0.163 e. The fourth-order valence-corrected chi connectivity index (χ4v) is 7.23. The Morgan fingerprint density at radius 2 is 1.13 bits per heavy atom. The molecule has 0 aromatic heterocycles. The summed E-state index contributed by atoms with van der Waals surface area (Å²) in [5.41, 5.74) is 2.25. The van der Waals surface area contributed by atoms with Gasteiger partial charge in [0, 0.05) is 22.6 Å². The number of Topliss-reactive ketones (excluding diaryl/α,β-unsaturated/α-hetero) is 1. The van der Waals surface area contributed by atoms with Crippen LogP contribution in [0.1, 0.15) is 33.6 Å². The second kappa shape index (κ2) is 9.29. The van der Waals surface area contributed by atoms with Crippen LogP contribution in [0.5, 0.6) is 0 Å². The standard InChI is InChI=1S/C28H25O2P/c1-22-17-19-24(20-18-22)28(21-27(29)23-11-5-2-6-12-23)31(30,25-13-7-3-8-14-25)26-15-9-4-10-16-26/h2-20,28H,21H2,1H3/t28-/m0/s1. The summed E-state index contributed by atoms with van der Waals surface area (Å²) in [5.74, 6) is -0.00161. The topological polar surface area (TPSA) is 34.1 Å². The van der Waals surface area contributed by atoms with Crippen molar-refractivity contribution < 1.29 is 9.36 Å². The predicted octanol–water partition coefficient (Wildman–Crippen LogP) is 6.32. The van der Waals surface area contributed by atoms with Crippen LogP contribution in [0.4, 0.5) is 0 Å². The molecule has 0 unspecified atom stereocenters. The van der Waals surface area contributed by atoms with Crippen LogP contribution in [-0.4, -0.2) is 5.78 Å². The number of hydrogen-bond donors (Lipinski definition) is 0. The first-order valence-electron chi connectivity index (χ1n) is 10.4. The van der Waals surface area contributed by atoms with E-state index in [9.17, 15) is 4.79 Å². The van der Waals surface area contributed by atoms with E-state index in [1.54, 1.807) is 0 Å². The molecule has 4 aromatic rings. The Bertz CT molecular complexity index is 1140. The van der Waals surface area contributed by atoms with E-state index in [2.05, 4.69) is 0 Å². The van der Waals surface area contributed by atoms with E-state index >= 15 is 4.57 Å². The highest BCUT2D eigenvalue weighted by Crippen LogP contribution is 2.59. The molecule has 0 fully saturated rings. The second-order valence-corrected chi connectivity index (χ2v) is 10.7. The molecule has 0 amide bonds. The van der Waals surface area contributed by atoms with E-state index in [0.717, 1.165) is 21.7 Å². The fourth-order valence-electron chi connectivity index (χ4n) is 3.97. The highest BCUT2D eigenvalue weighted by Gasteiger charge is 2.39. The minimum Gasteiger partial charge on any atom is -0.313 e. The Labute approximate surface area is 184 Å². The van der Waals surface area contributed by atoms with Gasteiger partial charge in [-0.15, -0.1) is 0 Å². The van der Waals surface area contributed by atoms with Gasteiger partial charge in [-0.25, -0.2) is 0 Å². The highest BCUT2D eigenvalue weighted by atomic mass is 31.2. The molecule has 1 atom stereocenters. The Morgan fingerprint density at radius 3 is 1.61 bits per heavy atom. The Kier molecular flexibility index (Phi) is 6.30. The van der Waals surface area contributed by atoms with Crippen molar-refractivity contribution >= 4 is 23.5 Å². The SMILES string of the molecule is Cc1ccc([C@H](CC(=O)c2ccccc2)P(=O)(c2ccccc2)c2ccccc2)cc1. The largest absolute Gasteiger partial charge is 0.313 e. The molecule has 0 spiro atoms. The van der Waals surface area contributed by atoms with Crippen LogP contribution in [-0.2, 0) is 4.57 Å². The average molecular weight is 424 g/mol. The number of rotatable bonds is 7. The normalized spacial score (nSPS) is 12.3. The molecule has 0 aliphatic carbocycles. The van der Waals surface area contributed by atoms with E-state index in [-0.39, 0.29) is 12.2 Å². The van der Waals surface area contributed by atoms with Crippen LogP contribution in [0.3, 0.4) is 0 Å². The lowest BCUT2D eigenvalue weighted by molar-refractivity contribution is 0.0981. The molecule has 4 aromatic carbocycles. The van der Waals surface area contributed by atoms with Gasteiger partial charge >= 0.3 is 0 Å². The minimum atomic E-state index is -3.17. The predicted molar refractivity (Wildman–Crippen MR) is 129 cm³/mol. The molecule has 0 N–H and O–H groups in total. The molecule has 3 heteroatoms. The van der Waals surface area contributed by atoms with Gasteiger partial charge in [0.2, 0.25) is 0 Å². The summed E-state index contributed by atoms with van der Waals surface area (Å²) in [7, 11) is -3.17. The van der Waals surface area contributed by atoms with Gasteiger partial charge in [0.25, 0.3) is 0 Å². The Hall–Kier alpha value is -3.22. The minimum absolute atomic E-state index is 0.00161. The van der Waals surface area contributed by atoms with Crippen molar-refractivity contribution in [1.82, 2.24) is 0 Å². The van der Waals surface area contributed by atoms with Crippen molar-refractivity contribution in [3.63, 3.8) is 0 Å². The van der Waals surface area contributed by atoms with Crippen LogP contribution >= 0.6 is 7.14 Å². The average Bonchev–Trinajstić information content (AvgIpc) is 2.84. The van der Waals surface area contributed by atoms with E-state index in [1.165, 1.54) is 0 Å². The van der Waals surface area contributed by atoms with Crippen LogP contribution in [0.15, 0.2) is 115 Å². The lowest BCUT2D eigenvalue weighted by Crippen LogP contribution is -2.23.